The van der Waals surface area contributed by atoms with E-state index in [0.29, 0.717) is 13.2 Å². The summed E-state index contributed by atoms with van der Waals surface area (Å²) in [5, 5.41) is 0. The van der Waals surface area contributed by atoms with Gasteiger partial charge in [0, 0.05) is 24.8 Å². The molecule has 0 radical (unpaired) electrons. The summed E-state index contributed by atoms with van der Waals surface area (Å²) in [4.78, 5) is 21.9. The lowest BCUT2D eigenvalue weighted by molar-refractivity contribution is -0.144. The van der Waals surface area contributed by atoms with E-state index in [2.05, 4.69) is 26.5 Å². The second-order valence-corrected chi connectivity index (χ2v) is 4.44. The highest BCUT2D eigenvalue weighted by Crippen LogP contribution is 2.17. The highest BCUT2D eigenvalue weighted by Gasteiger charge is 2.24. The molecule has 0 aromatic carbocycles. The first-order chi connectivity index (χ1) is 9.22. The highest BCUT2D eigenvalue weighted by atomic mass is 16.5. The monoisotopic (exact) mass is 265 g/mol. The summed E-state index contributed by atoms with van der Waals surface area (Å²) in [6.45, 7) is 4.08. The van der Waals surface area contributed by atoms with Crippen LogP contribution in [0.25, 0.3) is 0 Å². The number of carbonyl (C=O) groups excluding carboxylic acids is 1. The van der Waals surface area contributed by atoms with Gasteiger partial charge in [-0.25, -0.2) is 9.97 Å². The van der Waals surface area contributed by atoms with Gasteiger partial charge in [0.2, 0.25) is 0 Å². The molecule has 1 aliphatic heterocycles. The van der Waals surface area contributed by atoms with Crippen LogP contribution >= 0.6 is 0 Å². The lowest BCUT2D eigenvalue weighted by Gasteiger charge is -2.33. The maximum Gasteiger partial charge on any atom is 0.308 e. The standard InChI is InChI=1S/C13H19N3O3/c1-3-10-6-12(15-9-14-10)16-4-5-19-11(8-16)7-13(17)18-2/h6,9,11H,3-5,7-8H2,1-2H3. The van der Waals surface area contributed by atoms with Gasteiger partial charge in [-0.3, -0.25) is 4.79 Å². The van der Waals surface area contributed by atoms with Gasteiger partial charge in [0.05, 0.1) is 26.2 Å². The summed E-state index contributed by atoms with van der Waals surface area (Å²) < 4.78 is 10.2. The number of morpholine rings is 1. The lowest BCUT2D eigenvalue weighted by atomic mass is 10.2. The number of hydrogen-bond donors (Lipinski definition) is 0. The molecule has 1 aromatic heterocycles. The van der Waals surface area contributed by atoms with Crippen LogP contribution in [0, 0.1) is 0 Å². The predicted octanol–water partition coefficient (Wildman–Crippen LogP) is 0.807. The van der Waals surface area contributed by atoms with Crippen LogP contribution in [0.15, 0.2) is 12.4 Å². The molecule has 6 nitrogen and oxygen atoms in total. The number of anilines is 1. The molecule has 0 N–H and O–H groups in total. The van der Waals surface area contributed by atoms with Crippen molar-refractivity contribution in [3.63, 3.8) is 0 Å². The molecule has 104 valence electrons. The average Bonchev–Trinajstić information content (AvgIpc) is 2.47. The second kappa shape index (κ2) is 6.47. The molecule has 0 bridgehead atoms. The van der Waals surface area contributed by atoms with Crippen molar-refractivity contribution in [2.45, 2.75) is 25.9 Å². The number of esters is 1. The van der Waals surface area contributed by atoms with Crippen molar-refractivity contribution >= 4 is 11.8 Å². The maximum atomic E-state index is 11.3. The number of nitrogens with zero attached hydrogens (tertiary/aromatic N) is 3. The molecule has 1 atom stereocenters. The number of aromatic nitrogens is 2. The van der Waals surface area contributed by atoms with Gasteiger partial charge in [-0.2, -0.15) is 0 Å². The van der Waals surface area contributed by atoms with Crippen molar-refractivity contribution in [2.24, 2.45) is 0 Å². The van der Waals surface area contributed by atoms with Gasteiger partial charge in [0.1, 0.15) is 12.1 Å². The van der Waals surface area contributed by atoms with Crippen molar-refractivity contribution in [3.8, 4) is 0 Å². The summed E-state index contributed by atoms with van der Waals surface area (Å²) in [5.41, 5.74) is 1.01. The second-order valence-electron chi connectivity index (χ2n) is 4.44. The van der Waals surface area contributed by atoms with E-state index in [9.17, 15) is 4.79 Å². The molecule has 2 heterocycles. The Morgan fingerprint density at radius 3 is 3.16 bits per heavy atom. The van der Waals surface area contributed by atoms with Crippen LogP contribution < -0.4 is 4.90 Å². The normalized spacial score (nSPS) is 19.3. The zero-order valence-electron chi connectivity index (χ0n) is 11.3. The van der Waals surface area contributed by atoms with E-state index in [1.54, 1.807) is 6.33 Å². The number of methoxy groups -OCH3 is 1. The van der Waals surface area contributed by atoms with Gasteiger partial charge >= 0.3 is 5.97 Å². The Morgan fingerprint density at radius 2 is 2.42 bits per heavy atom. The number of aryl methyl sites for hydroxylation is 1. The Hall–Kier alpha value is -1.69. The molecule has 0 spiro atoms. The van der Waals surface area contributed by atoms with Gasteiger partial charge < -0.3 is 14.4 Å². The smallest absolute Gasteiger partial charge is 0.308 e. The minimum Gasteiger partial charge on any atom is -0.469 e. The van der Waals surface area contributed by atoms with Crippen LogP contribution in [-0.2, 0) is 20.7 Å². The van der Waals surface area contributed by atoms with Crippen molar-refractivity contribution in [2.75, 3.05) is 31.7 Å². The molecular formula is C13H19N3O3. The number of rotatable bonds is 4. The topological polar surface area (TPSA) is 64.5 Å². The fourth-order valence-corrected chi connectivity index (χ4v) is 2.07. The van der Waals surface area contributed by atoms with Crippen molar-refractivity contribution in [3.05, 3.63) is 18.1 Å². The molecule has 0 aliphatic carbocycles. The highest BCUT2D eigenvalue weighted by molar-refractivity contribution is 5.69. The SMILES string of the molecule is CCc1cc(N2CCOC(CC(=O)OC)C2)ncn1. The molecule has 0 saturated carbocycles. The third-order valence-electron chi connectivity index (χ3n) is 3.16. The van der Waals surface area contributed by atoms with Gasteiger partial charge in [-0.05, 0) is 6.42 Å². The van der Waals surface area contributed by atoms with E-state index in [4.69, 9.17) is 4.74 Å². The van der Waals surface area contributed by atoms with Crippen LogP contribution in [0.1, 0.15) is 19.0 Å². The van der Waals surface area contributed by atoms with Crippen LogP contribution in [0.2, 0.25) is 0 Å². The summed E-state index contributed by atoms with van der Waals surface area (Å²) in [5.74, 6) is 0.647. The third kappa shape index (κ3) is 3.64. The average molecular weight is 265 g/mol. The predicted molar refractivity (Wildman–Crippen MR) is 70.0 cm³/mol. The first kappa shape index (κ1) is 13.7. The van der Waals surface area contributed by atoms with E-state index < -0.39 is 0 Å². The molecule has 6 heteroatoms. The summed E-state index contributed by atoms with van der Waals surface area (Å²) in [6, 6.07) is 1.99. The van der Waals surface area contributed by atoms with Gasteiger partial charge in [0.15, 0.2) is 0 Å². The lowest BCUT2D eigenvalue weighted by Crippen LogP contribution is -2.43. The van der Waals surface area contributed by atoms with Gasteiger partial charge in [-0.1, -0.05) is 6.92 Å². The molecule has 1 aliphatic rings. The Balaban J connectivity index is 2.01. The Morgan fingerprint density at radius 1 is 1.58 bits per heavy atom. The van der Waals surface area contributed by atoms with E-state index in [-0.39, 0.29) is 18.5 Å². The van der Waals surface area contributed by atoms with Crippen molar-refractivity contribution in [1.82, 2.24) is 9.97 Å². The minimum atomic E-state index is -0.246. The minimum absolute atomic E-state index is 0.138. The van der Waals surface area contributed by atoms with Gasteiger partial charge in [-0.15, -0.1) is 0 Å². The van der Waals surface area contributed by atoms with Crippen molar-refractivity contribution < 1.29 is 14.3 Å². The van der Waals surface area contributed by atoms with Gasteiger partial charge in [0.25, 0.3) is 0 Å². The molecular weight excluding hydrogens is 246 g/mol. The third-order valence-corrected chi connectivity index (χ3v) is 3.16. The number of hydrogen-bond acceptors (Lipinski definition) is 6. The van der Waals surface area contributed by atoms with Crippen molar-refractivity contribution in [1.29, 1.82) is 0 Å². The first-order valence-corrected chi connectivity index (χ1v) is 6.47. The fourth-order valence-electron chi connectivity index (χ4n) is 2.07. The summed E-state index contributed by atoms with van der Waals surface area (Å²) >= 11 is 0. The zero-order chi connectivity index (χ0) is 13.7. The fraction of sp³-hybridized carbons (Fsp3) is 0.615. The molecule has 2 rings (SSSR count). The van der Waals surface area contributed by atoms with Crippen LogP contribution in [0.4, 0.5) is 5.82 Å². The molecule has 0 amide bonds. The number of ether oxygens (including phenoxy) is 2. The Labute approximate surface area is 112 Å². The van der Waals surface area contributed by atoms with E-state index in [0.717, 1.165) is 24.5 Å². The summed E-state index contributed by atoms with van der Waals surface area (Å²) in [6.07, 6.45) is 2.60. The van der Waals surface area contributed by atoms with Crippen LogP contribution in [0.3, 0.4) is 0 Å². The molecule has 1 saturated heterocycles. The molecule has 19 heavy (non-hydrogen) atoms. The molecule has 1 fully saturated rings. The zero-order valence-corrected chi connectivity index (χ0v) is 11.3. The Kier molecular flexibility index (Phi) is 4.68. The van der Waals surface area contributed by atoms with E-state index >= 15 is 0 Å². The number of carbonyl (C=O) groups is 1. The Bertz CT molecular complexity index is 439. The quantitative estimate of drug-likeness (QED) is 0.751. The summed E-state index contributed by atoms with van der Waals surface area (Å²) in [7, 11) is 1.39. The first-order valence-electron chi connectivity index (χ1n) is 6.47. The van der Waals surface area contributed by atoms with E-state index in [1.165, 1.54) is 7.11 Å². The molecule has 1 aromatic rings. The van der Waals surface area contributed by atoms with E-state index in [1.807, 2.05) is 6.07 Å². The molecule has 1 unspecified atom stereocenters. The van der Waals surface area contributed by atoms with Crippen LogP contribution in [0.5, 0.6) is 0 Å². The largest absolute Gasteiger partial charge is 0.469 e. The van der Waals surface area contributed by atoms with Crippen LogP contribution in [-0.4, -0.2) is 48.8 Å². The maximum absolute atomic E-state index is 11.3.